The Bertz CT molecular complexity index is 1170. The Labute approximate surface area is 173 Å². The maximum Gasteiger partial charge on any atom is 0.311 e. The zero-order valence-electron chi connectivity index (χ0n) is 16.1. The van der Waals surface area contributed by atoms with Crippen LogP contribution in [0.1, 0.15) is 25.7 Å². The molecule has 1 aromatic carbocycles. The SMILES string of the molecule is O=[N+]([O-])c1cnc2c(ccn2S(=O)(=O)c2ccccc2)c1N[C@H]1CC[C@H](CO)CC1. The van der Waals surface area contributed by atoms with Crippen LogP contribution in [0.2, 0.25) is 0 Å². The van der Waals surface area contributed by atoms with Gasteiger partial charge in [0, 0.05) is 18.8 Å². The molecule has 0 saturated heterocycles. The van der Waals surface area contributed by atoms with Crippen molar-refractivity contribution < 1.29 is 18.4 Å². The lowest BCUT2D eigenvalue weighted by Crippen LogP contribution is -2.27. The van der Waals surface area contributed by atoms with E-state index in [0.29, 0.717) is 5.39 Å². The van der Waals surface area contributed by atoms with E-state index in [0.717, 1.165) is 35.9 Å². The van der Waals surface area contributed by atoms with Gasteiger partial charge in [0.05, 0.1) is 15.2 Å². The predicted octanol–water partition coefficient (Wildman–Crippen LogP) is 3.14. The van der Waals surface area contributed by atoms with Crippen LogP contribution < -0.4 is 5.32 Å². The lowest BCUT2D eigenvalue weighted by atomic mass is 9.86. The van der Waals surface area contributed by atoms with Gasteiger partial charge in [0.25, 0.3) is 10.0 Å². The van der Waals surface area contributed by atoms with Gasteiger partial charge in [-0.15, -0.1) is 0 Å². The van der Waals surface area contributed by atoms with Gasteiger partial charge >= 0.3 is 5.69 Å². The lowest BCUT2D eigenvalue weighted by Gasteiger charge is -2.28. The number of nitrogens with one attached hydrogen (secondary N) is 1. The molecule has 0 bridgehead atoms. The molecule has 30 heavy (non-hydrogen) atoms. The van der Waals surface area contributed by atoms with E-state index >= 15 is 0 Å². The van der Waals surface area contributed by atoms with E-state index in [2.05, 4.69) is 10.3 Å². The summed E-state index contributed by atoms with van der Waals surface area (Å²) >= 11 is 0. The topological polar surface area (TPSA) is 127 Å². The molecule has 0 atom stereocenters. The van der Waals surface area contributed by atoms with Gasteiger partial charge in [-0.05, 0) is 49.8 Å². The Kier molecular flexibility index (Phi) is 5.44. The molecule has 4 rings (SSSR count). The second kappa shape index (κ2) is 8.04. The van der Waals surface area contributed by atoms with Crippen LogP contribution in [-0.2, 0) is 10.0 Å². The summed E-state index contributed by atoms with van der Waals surface area (Å²) in [4.78, 5) is 15.3. The molecule has 0 radical (unpaired) electrons. The number of rotatable bonds is 6. The second-order valence-corrected chi connectivity index (χ2v) is 9.30. The summed E-state index contributed by atoms with van der Waals surface area (Å²) in [6.45, 7) is 0.145. The fourth-order valence-electron chi connectivity index (χ4n) is 3.94. The van der Waals surface area contributed by atoms with Gasteiger partial charge in [0.15, 0.2) is 5.65 Å². The van der Waals surface area contributed by atoms with Crippen LogP contribution >= 0.6 is 0 Å². The van der Waals surface area contributed by atoms with Crippen LogP contribution in [-0.4, -0.2) is 40.1 Å². The number of benzene rings is 1. The molecule has 2 N–H and O–H groups in total. The highest BCUT2D eigenvalue weighted by Crippen LogP contribution is 2.36. The van der Waals surface area contributed by atoms with Gasteiger partial charge in [0.2, 0.25) is 0 Å². The number of fused-ring (bicyclic) bond motifs is 1. The molecule has 2 heterocycles. The first kappa shape index (κ1) is 20.3. The molecule has 158 valence electrons. The minimum atomic E-state index is -3.89. The Morgan fingerprint density at radius 2 is 1.87 bits per heavy atom. The summed E-state index contributed by atoms with van der Waals surface area (Å²) in [5.74, 6) is 0.257. The van der Waals surface area contributed by atoms with E-state index in [1.54, 1.807) is 18.2 Å². The van der Waals surface area contributed by atoms with Crippen LogP contribution in [0.25, 0.3) is 11.0 Å². The summed E-state index contributed by atoms with van der Waals surface area (Å²) in [6, 6.07) is 9.51. The van der Waals surface area contributed by atoms with Crippen molar-refractivity contribution in [2.45, 2.75) is 36.6 Å². The quantitative estimate of drug-likeness (QED) is 0.454. The highest BCUT2D eigenvalue weighted by Gasteiger charge is 2.28. The summed E-state index contributed by atoms with van der Waals surface area (Å²) in [7, 11) is -3.89. The average Bonchev–Trinajstić information content (AvgIpc) is 3.20. The van der Waals surface area contributed by atoms with Crippen LogP contribution in [0.15, 0.2) is 53.7 Å². The zero-order chi connectivity index (χ0) is 21.3. The van der Waals surface area contributed by atoms with E-state index < -0.39 is 14.9 Å². The van der Waals surface area contributed by atoms with Gasteiger partial charge < -0.3 is 10.4 Å². The molecule has 1 aliphatic carbocycles. The van der Waals surface area contributed by atoms with Gasteiger partial charge in [-0.2, -0.15) is 0 Å². The molecule has 1 aliphatic rings. The number of hydrogen-bond donors (Lipinski definition) is 2. The molecule has 1 saturated carbocycles. The van der Waals surface area contributed by atoms with Gasteiger partial charge in [-0.3, -0.25) is 10.1 Å². The van der Waals surface area contributed by atoms with E-state index in [9.17, 15) is 23.6 Å². The van der Waals surface area contributed by atoms with Crippen molar-refractivity contribution in [1.82, 2.24) is 8.96 Å². The lowest BCUT2D eigenvalue weighted by molar-refractivity contribution is -0.384. The Morgan fingerprint density at radius 3 is 2.50 bits per heavy atom. The van der Waals surface area contributed by atoms with E-state index in [1.165, 1.54) is 24.4 Å². The van der Waals surface area contributed by atoms with Crippen molar-refractivity contribution in [3.8, 4) is 0 Å². The highest BCUT2D eigenvalue weighted by molar-refractivity contribution is 7.90. The van der Waals surface area contributed by atoms with E-state index in [4.69, 9.17) is 0 Å². The summed E-state index contributed by atoms with van der Waals surface area (Å²) < 4.78 is 27.1. The number of aliphatic hydroxyl groups is 1. The van der Waals surface area contributed by atoms with E-state index in [1.807, 2.05) is 0 Å². The fraction of sp³-hybridized carbons (Fsp3) is 0.350. The molecular formula is C20H22N4O5S. The number of pyridine rings is 1. The normalized spacial score (nSPS) is 19.6. The van der Waals surface area contributed by atoms with Crippen molar-refractivity contribution in [2.75, 3.05) is 11.9 Å². The molecule has 0 unspecified atom stereocenters. The number of aromatic nitrogens is 2. The van der Waals surface area contributed by atoms with E-state index in [-0.39, 0.29) is 40.5 Å². The smallest absolute Gasteiger partial charge is 0.311 e. The molecule has 9 nitrogen and oxygen atoms in total. The first-order chi connectivity index (χ1) is 14.4. The van der Waals surface area contributed by atoms with Gasteiger partial charge in [-0.1, -0.05) is 18.2 Å². The van der Waals surface area contributed by atoms with Gasteiger partial charge in [0.1, 0.15) is 11.9 Å². The Balaban J connectivity index is 1.76. The van der Waals surface area contributed by atoms with Crippen LogP contribution in [0, 0.1) is 16.0 Å². The second-order valence-electron chi connectivity index (χ2n) is 7.49. The number of hydrogen-bond acceptors (Lipinski definition) is 7. The van der Waals surface area contributed by atoms with Crippen molar-refractivity contribution in [1.29, 1.82) is 0 Å². The average molecular weight is 430 g/mol. The standard InChI is InChI=1S/C20H22N4O5S/c25-13-14-6-8-15(9-7-14)22-19-17-10-11-23(20(17)21-12-18(19)24(26)27)30(28,29)16-4-2-1-3-5-16/h1-5,10-12,14-15,25H,6-9,13H2,(H,21,22)/t14-,15-. The molecule has 0 aliphatic heterocycles. The van der Waals surface area contributed by atoms with Crippen molar-refractivity contribution in [3.05, 3.63) is 58.9 Å². The van der Waals surface area contributed by atoms with Gasteiger partial charge in [-0.25, -0.2) is 17.4 Å². The third-order valence-electron chi connectivity index (χ3n) is 5.61. The minimum absolute atomic E-state index is 0.00572. The monoisotopic (exact) mass is 430 g/mol. The van der Waals surface area contributed by atoms with Crippen LogP contribution in [0.3, 0.4) is 0 Å². The van der Waals surface area contributed by atoms with Crippen LogP contribution in [0.4, 0.5) is 11.4 Å². The third kappa shape index (κ3) is 3.63. The number of aliphatic hydroxyl groups excluding tert-OH is 1. The molecule has 0 amide bonds. The first-order valence-electron chi connectivity index (χ1n) is 9.74. The molecule has 2 aromatic heterocycles. The molecule has 0 spiro atoms. The first-order valence-corrected chi connectivity index (χ1v) is 11.2. The van der Waals surface area contributed by atoms with Crippen molar-refractivity contribution in [2.24, 2.45) is 5.92 Å². The maximum atomic E-state index is 13.0. The van der Waals surface area contributed by atoms with Crippen molar-refractivity contribution >= 4 is 32.4 Å². The van der Waals surface area contributed by atoms with Crippen LogP contribution in [0.5, 0.6) is 0 Å². The number of nitrogens with zero attached hydrogens (tertiary/aromatic N) is 3. The summed E-state index contributed by atoms with van der Waals surface area (Å²) in [5.41, 5.74) is 0.220. The number of nitro groups is 1. The Hall–Kier alpha value is -2.98. The largest absolute Gasteiger partial charge is 0.396 e. The third-order valence-corrected chi connectivity index (χ3v) is 7.29. The Morgan fingerprint density at radius 1 is 1.17 bits per heavy atom. The highest BCUT2D eigenvalue weighted by atomic mass is 32.2. The maximum absolute atomic E-state index is 13.0. The molecule has 10 heteroatoms. The predicted molar refractivity (Wildman–Crippen MR) is 112 cm³/mol. The molecule has 1 fully saturated rings. The molecule has 3 aromatic rings. The van der Waals surface area contributed by atoms with Crippen molar-refractivity contribution in [3.63, 3.8) is 0 Å². The minimum Gasteiger partial charge on any atom is -0.396 e. The molecular weight excluding hydrogens is 408 g/mol. The fourth-order valence-corrected chi connectivity index (χ4v) is 5.26. The zero-order valence-corrected chi connectivity index (χ0v) is 17.0. The summed E-state index contributed by atoms with van der Waals surface area (Å²) in [5, 5.41) is 24.6. The number of anilines is 1. The summed E-state index contributed by atoms with van der Waals surface area (Å²) in [6.07, 6.45) is 5.68.